The number of carbonyl (C=O) groups excluding carboxylic acids is 2. The van der Waals surface area contributed by atoms with E-state index in [1.54, 1.807) is 0 Å². The third-order valence-corrected chi connectivity index (χ3v) is 6.02. The van der Waals surface area contributed by atoms with Gasteiger partial charge in [0, 0.05) is 12.8 Å². The zero-order chi connectivity index (χ0) is 22.9. The summed E-state index contributed by atoms with van der Waals surface area (Å²) >= 11 is 0. The van der Waals surface area contributed by atoms with Crippen molar-refractivity contribution in [1.29, 1.82) is 0 Å². The van der Waals surface area contributed by atoms with Crippen LogP contribution in [-0.2, 0) is 32.7 Å². The molecule has 13 nitrogen and oxygen atoms in total. The minimum absolute atomic E-state index is 0. The van der Waals surface area contributed by atoms with Crippen LogP contribution in [-0.4, -0.2) is 56.3 Å². The molecule has 0 bridgehead atoms. The number of hydrogen-bond acceptors (Lipinski definition) is 11. The number of esters is 1. The normalized spacial score (nSPS) is 28.3. The second-order valence-electron chi connectivity index (χ2n) is 7.43. The SMILES string of the molecule is CCCC(=O)Nc1ncnc2c1ncn2C1OC(COC(=O)CCC)C2OP(=O)([O-])OC21.[Na+]. The van der Waals surface area contributed by atoms with Crippen LogP contribution in [0.2, 0.25) is 0 Å². The van der Waals surface area contributed by atoms with Crippen molar-refractivity contribution in [3.05, 3.63) is 12.7 Å². The summed E-state index contributed by atoms with van der Waals surface area (Å²) in [5.74, 6) is -0.411. The van der Waals surface area contributed by atoms with Crippen molar-refractivity contribution in [2.75, 3.05) is 11.9 Å². The zero-order valence-electron chi connectivity index (χ0n) is 18.5. The van der Waals surface area contributed by atoms with Gasteiger partial charge in [-0.1, -0.05) is 13.8 Å². The first-order chi connectivity index (χ1) is 15.3. The first-order valence-electron chi connectivity index (χ1n) is 10.3. The van der Waals surface area contributed by atoms with Crippen LogP contribution in [0.5, 0.6) is 0 Å². The van der Waals surface area contributed by atoms with Crippen LogP contribution in [0.4, 0.5) is 5.82 Å². The molecule has 0 aromatic carbocycles. The minimum Gasteiger partial charge on any atom is -0.756 e. The summed E-state index contributed by atoms with van der Waals surface area (Å²) in [5.41, 5.74) is 0.606. The van der Waals surface area contributed by atoms with Gasteiger partial charge in [0.15, 0.2) is 23.2 Å². The number of rotatable bonds is 8. The number of phosphoric ester groups is 1. The van der Waals surface area contributed by atoms with Crippen molar-refractivity contribution in [2.45, 2.75) is 64.1 Å². The van der Waals surface area contributed by atoms with E-state index in [0.29, 0.717) is 30.4 Å². The van der Waals surface area contributed by atoms with Crippen LogP contribution < -0.4 is 39.8 Å². The molecular weight excluding hydrogens is 468 g/mol. The number of anilines is 1. The molecule has 174 valence electrons. The van der Waals surface area contributed by atoms with Crippen molar-refractivity contribution in [3.8, 4) is 0 Å². The van der Waals surface area contributed by atoms with E-state index in [9.17, 15) is 19.0 Å². The fourth-order valence-corrected chi connectivity index (χ4v) is 4.76. The maximum Gasteiger partial charge on any atom is 1.00 e. The Hall–Kier alpha value is -1.44. The van der Waals surface area contributed by atoms with Gasteiger partial charge < -0.3 is 28.7 Å². The fourth-order valence-electron chi connectivity index (χ4n) is 3.63. The van der Waals surface area contributed by atoms with E-state index in [1.165, 1.54) is 17.2 Å². The number of amides is 1. The predicted octanol–water partition coefficient (Wildman–Crippen LogP) is -1.94. The first-order valence-corrected chi connectivity index (χ1v) is 11.7. The molecule has 0 spiro atoms. The second kappa shape index (κ2) is 10.9. The Kier molecular flexibility index (Phi) is 8.62. The van der Waals surface area contributed by atoms with Gasteiger partial charge in [-0.05, 0) is 12.8 Å². The Morgan fingerprint density at radius 2 is 1.91 bits per heavy atom. The molecule has 4 heterocycles. The average molecular weight is 491 g/mol. The van der Waals surface area contributed by atoms with E-state index in [-0.39, 0.29) is 54.3 Å². The van der Waals surface area contributed by atoms with E-state index in [0.717, 1.165) is 0 Å². The van der Waals surface area contributed by atoms with Gasteiger partial charge >= 0.3 is 35.5 Å². The number of imidazole rings is 1. The maximum absolute atomic E-state index is 12.0. The van der Waals surface area contributed by atoms with Crippen LogP contribution in [0.1, 0.15) is 45.8 Å². The Morgan fingerprint density at radius 1 is 1.18 bits per heavy atom. The Balaban J connectivity index is 0.00000306. The minimum atomic E-state index is -4.55. The molecule has 2 aliphatic rings. The molecule has 2 saturated heterocycles. The summed E-state index contributed by atoms with van der Waals surface area (Å²) in [5, 5.41) is 2.69. The third kappa shape index (κ3) is 5.63. The summed E-state index contributed by atoms with van der Waals surface area (Å²) in [7, 11) is -4.55. The molecule has 5 unspecified atom stereocenters. The van der Waals surface area contributed by atoms with Crippen LogP contribution in [0.3, 0.4) is 0 Å². The molecule has 0 aliphatic carbocycles. The first kappa shape index (κ1) is 26.2. The van der Waals surface area contributed by atoms with Gasteiger partial charge in [0.05, 0.1) is 6.33 Å². The van der Waals surface area contributed by atoms with Gasteiger partial charge in [-0.3, -0.25) is 18.7 Å². The molecular formula is C18H23N5NaO8P. The molecule has 5 atom stereocenters. The molecule has 0 radical (unpaired) electrons. The molecule has 1 N–H and O–H groups in total. The van der Waals surface area contributed by atoms with Crippen molar-refractivity contribution in [2.24, 2.45) is 0 Å². The third-order valence-electron chi connectivity index (χ3n) is 5.02. The Bertz CT molecular complexity index is 1070. The summed E-state index contributed by atoms with van der Waals surface area (Å²) in [4.78, 5) is 48.2. The molecule has 2 fully saturated rings. The molecule has 2 aliphatic heterocycles. The summed E-state index contributed by atoms with van der Waals surface area (Å²) < 4.78 is 34.8. The van der Waals surface area contributed by atoms with Crippen LogP contribution >= 0.6 is 7.82 Å². The van der Waals surface area contributed by atoms with Gasteiger partial charge in [0.25, 0.3) is 7.82 Å². The van der Waals surface area contributed by atoms with Gasteiger partial charge in [-0.2, -0.15) is 0 Å². The van der Waals surface area contributed by atoms with Crippen molar-refractivity contribution in [1.82, 2.24) is 19.5 Å². The van der Waals surface area contributed by atoms with Crippen molar-refractivity contribution >= 4 is 36.7 Å². The number of nitrogens with zero attached hydrogens (tertiary/aromatic N) is 4. The quantitative estimate of drug-likeness (QED) is 0.248. The molecule has 33 heavy (non-hydrogen) atoms. The van der Waals surface area contributed by atoms with E-state index in [2.05, 4.69) is 20.3 Å². The average Bonchev–Trinajstić information content (AvgIpc) is 3.38. The molecule has 2 aromatic rings. The number of nitrogens with one attached hydrogen (secondary N) is 1. The van der Waals surface area contributed by atoms with Crippen LogP contribution in [0.15, 0.2) is 12.7 Å². The second-order valence-corrected chi connectivity index (χ2v) is 8.75. The van der Waals surface area contributed by atoms with Gasteiger partial charge in [-0.15, -0.1) is 0 Å². The molecule has 4 rings (SSSR count). The molecule has 1 amide bonds. The van der Waals surface area contributed by atoms with Gasteiger partial charge in [0.1, 0.15) is 31.2 Å². The number of aromatic nitrogens is 4. The van der Waals surface area contributed by atoms with Crippen LogP contribution in [0, 0.1) is 0 Å². The van der Waals surface area contributed by atoms with Gasteiger partial charge in [-0.25, -0.2) is 15.0 Å². The standard InChI is InChI=1S/C18H24N5O8P.Na/c1-3-5-11(24)22-16-13-17(20-8-19-16)23(9-21-13)18-15-14(30-32(26,27)31-15)10(29-18)7-28-12(25)6-4-2;/h8-10,14-15,18H,3-7H2,1-2H3,(H,26,27)(H,19,20,22,24);/q;+1/p-1. The fraction of sp³-hybridized carbons (Fsp3) is 0.611. The molecule has 0 saturated carbocycles. The Morgan fingerprint density at radius 3 is 2.64 bits per heavy atom. The number of fused-ring (bicyclic) bond motifs is 2. The number of phosphoric acid groups is 1. The topological polar surface area (TPSA) is 167 Å². The van der Waals surface area contributed by atoms with E-state index in [1.807, 2.05) is 13.8 Å². The molecule has 15 heteroatoms. The zero-order valence-corrected chi connectivity index (χ0v) is 21.4. The smallest absolute Gasteiger partial charge is 0.756 e. The summed E-state index contributed by atoms with van der Waals surface area (Å²) in [6, 6.07) is 0. The summed E-state index contributed by atoms with van der Waals surface area (Å²) in [6.45, 7) is 3.53. The van der Waals surface area contributed by atoms with Crippen LogP contribution in [0.25, 0.3) is 11.2 Å². The maximum atomic E-state index is 12.0. The van der Waals surface area contributed by atoms with E-state index in [4.69, 9.17) is 18.5 Å². The van der Waals surface area contributed by atoms with Gasteiger partial charge in [0.2, 0.25) is 5.91 Å². The van der Waals surface area contributed by atoms with Crippen molar-refractivity contribution in [3.63, 3.8) is 0 Å². The number of carbonyl (C=O) groups is 2. The monoisotopic (exact) mass is 491 g/mol. The largest absolute Gasteiger partial charge is 1.00 e. The van der Waals surface area contributed by atoms with Crippen molar-refractivity contribution < 1.29 is 67.1 Å². The number of hydrogen-bond donors (Lipinski definition) is 1. The predicted molar refractivity (Wildman–Crippen MR) is 106 cm³/mol. The number of ether oxygens (including phenoxy) is 2. The van der Waals surface area contributed by atoms with E-state index < -0.39 is 38.3 Å². The summed E-state index contributed by atoms with van der Waals surface area (Å²) in [6.07, 6.45) is 0.609. The molecule has 2 aromatic heterocycles. The van der Waals surface area contributed by atoms with E-state index >= 15 is 0 Å². The Labute approximate surface area is 211 Å².